The first-order chi connectivity index (χ1) is 15.2. The lowest BCUT2D eigenvalue weighted by Gasteiger charge is -2.37. The molecule has 0 amide bonds. The van der Waals surface area contributed by atoms with Crippen LogP contribution in [0.3, 0.4) is 0 Å². The molecule has 0 fully saturated rings. The van der Waals surface area contributed by atoms with Crippen molar-refractivity contribution in [2.75, 3.05) is 0 Å². The quantitative estimate of drug-likeness (QED) is 0.239. The van der Waals surface area contributed by atoms with E-state index in [1.54, 1.807) is 0 Å². The number of pyridine rings is 1. The minimum atomic E-state index is -0.667. The molecule has 0 atom stereocenters. The van der Waals surface area contributed by atoms with Gasteiger partial charge in [-0.25, -0.2) is 9.67 Å². The summed E-state index contributed by atoms with van der Waals surface area (Å²) in [6, 6.07) is 33.6. The number of halogens is 1. The molecule has 0 saturated heterocycles. The van der Waals surface area contributed by atoms with E-state index in [9.17, 15) is 0 Å². The zero-order valence-corrected chi connectivity index (χ0v) is 18.0. The predicted octanol–water partition coefficient (Wildman–Crippen LogP) is 6.49. The topological polar surface area (TPSA) is 30.7 Å². The molecule has 2 aromatic heterocycles. The standard InChI is InChI=1S/C27H22ClN3/c1-2-24-23-19-29-26(28)18-25(23)31(30-24)27(20-12-6-3-7-13-20,21-14-8-4-9-15-21)22-16-10-5-11-17-22/h3-19H,2H2,1H3. The lowest BCUT2D eigenvalue weighted by atomic mass is 9.77. The van der Waals surface area contributed by atoms with E-state index in [1.165, 1.54) is 0 Å². The number of hydrogen-bond donors (Lipinski definition) is 0. The Labute approximate surface area is 187 Å². The van der Waals surface area contributed by atoms with E-state index >= 15 is 0 Å². The Balaban J connectivity index is 1.99. The molecule has 0 unspecified atom stereocenters. The summed E-state index contributed by atoms with van der Waals surface area (Å²) in [4.78, 5) is 4.34. The van der Waals surface area contributed by atoms with Crippen LogP contribution in [0.2, 0.25) is 5.15 Å². The van der Waals surface area contributed by atoms with Crippen molar-refractivity contribution in [2.45, 2.75) is 18.9 Å². The number of aryl methyl sites for hydroxylation is 1. The van der Waals surface area contributed by atoms with Crippen LogP contribution in [-0.4, -0.2) is 14.8 Å². The molecule has 3 aromatic carbocycles. The molecule has 5 aromatic rings. The first kappa shape index (κ1) is 19.5. The zero-order valence-electron chi connectivity index (χ0n) is 17.2. The van der Waals surface area contributed by atoms with Gasteiger partial charge in [0.15, 0.2) is 0 Å². The lowest BCUT2D eigenvalue weighted by Crippen LogP contribution is -2.38. The maximum atomic E-state index is 6.38. The van der Waals surface area contributed by atoms with Crippen molar-refractivity contribution in [1.29, 1.82) is 0 Å². The Morgan fingerprint density at radius 3 is 1.71 bits per heavy atom. The second kappa shape index (κ2) is 8.01. The minimum Gasteiger partial charge on any atom is -0.245 e. The summed E-state index contributed by atoms with van der Waals surface area (Å²) in [5.41, 5.74) is 4.70. The number of nitrogens with zero attached hydrogens (tertiary/aromatic N) is 3. The third-order valence-electron chi connectivity index (χ3n) is 5.84. The normalized spacial score (nSPS) is 11.7. The molecule has 0 bridgehead atoms. The lowest BCUT2D eigenvalue weighted by molar-refractivity contribution is 0.471. The van der Waals surface area contributed by atoms with E-state index in [0.29, 0.717) is 5.15 Å². The summed E-state index contributed by atoms with van der Waals surface area (Å²) < 4.78 is 2.13. The second-order valence-corrected chi connectivity index (χ2v) is 7.93. The molecule has 31 heavy (non-hydrogen) atoms. The highest BCUT2D eigenvalue weighted by Crippen LogP contribution is 2.42. The minimum absolute atomic E-state index is 0.458. The summed E-state index contributed by atoms with van der Waals surface area (Å²) >= 11 is 6.38. The Hall–Kier alpha value is -3.43. The summed E-state index contributed by atoms with van der Waals surface area (Å²) in [5.74, 6) is 0. The van der Waals surface area contributed by atoms with E-state index in [0.717, 1.165) is 39.7 Å². The second-order valence-electron chi connectivity index (χ2n) is 7.54. The van der Waals surface area contributed by atoms with E-state index < -0.39 is 5.54 Å². The maximum Gasteiger partial charge on any atom is 0.138 e. The average molecular weight is 424 g/mol. The van der Waals surface area contributed by atoms with Gasteiger partial charge < -0.3 is 0 Å². The molecular weight excluding hydrogens is 402 g/mol. The molecule has 152 valence electrons. The average Bonchev–Trinajstić information content (AvgIpc) is 3.20. The number of rotatable bonds is 5. The molecule has 0 spiro atoms. The van der Waals surface area contributed by atoms with Crippen molar-refractivity contribution in [3.8, 4) is 0 Å². The molecule has 0 aliphatic heterocycles. The van der Waals surface area contributed by atoms with E-state index in [2.05, 4.69) is 89.4 Å². The molecular formula is C27H22ClN3. The van der Waals surface area contributed by atoms with Crippen LogP contribution in [0.1, 0.15) is 29.3 Å². The van der Waals surface area contributed by atoms with Crippen molar-refractivity contribution >= 4 is 22.5 Å². The molecule has 2 heterocycles. The third kappa shape index (κ3) is 3.13. The van der Waals surface area contributed by atoms with Gasteiger partial charge in [0.1, 0.15) is 10.7 Å². The van der Waals surface area contributed by atoms with E-state index in [4.69, 9.17) is 16.7 Å². The van der Waals surface area contributed by atoms with Crippen LogP contribution in [0.15, 0.2) is 103 Å². The fourth-order valence-corrected chi connectivity index (χ4v) is 4.62. The first-order valence-corrected chi connectivity index (χ1v) is 10.8. The first-order valence-electron chi connectivity index (χ1n) is 10.5. The fraction of sp³-hybridized carbons (Fsp3) is 0.111. The number of aromatic nitrogens is 3. The van der Waals surface area contributed by atoms with Gasteiger partial charge in [-0.1, -0.05) is 110 Å². The van der Waals surface area contributed by atoms with E-state index in [1.807, 2.05) is 30.5 Å². The molecule has 0 saturated carbocycles. The van der Waals surface area contributed by atoms with Gasteiger partial charge in [0.05, 0.1) is 11.2 Å². The van der Waals surface area contributed by atoms with Gasteiger partial charge in [-0.2, -0.15) is 5.10 Å². The van der Waals surface area contributed by atoms with Crippen LogP contribution < -0.4 is 0 Å². The zero-order chi connectivity index (χ0) is 21.3. The molecule has 3 nitrogen and oxygen atoms in total. The van der Waals surface area contributed by atoms with Crippen LogP contribution in [0.5, 0.6) is 0 Å². The van der Waals surface area contributed by atoms with Crippen LogP contribution >= 0.6 is 11.6 Å². The Morgan fingerprint density at radius 2 is 1.26 bits per heavy atom. The SMILES string of the molecule is CCc1nn(C(c2ccccc2)(c2ccccc2)c2ccccc2)c2cc(Cl)ncc12. The molecule has 5 rings (SSSR count). The van der Waals surface area contributed by atoms with Gasteiger partial charge >= 0.3 is 0 Å². The molecule has 0 aliphatic carbocycles. The van der Waals surface area contributed by atoms with Crippen LogP contribution in [-0.2, 0) is 12.0 Å². The highest BCUT2D eigenvalue weighted by Gasteiger charge is 2.40. The molecule has 0 aliphatic rings. The molecule has 4 heteroatoms. The summed E-state index contributed by atoms with van der Waals surface area (Å²) in [7, 11) is 0. The van der Waals surface area contributed by atoms with Crippen molar-refractivity contribution in [3.05, 3.63) is 131 Å². The van der Waals surface area contributed by atoms with Gasteiger partial charge in [-0.3, -0.25) is 0 Å². The molecule has 0 N–H and O–H groups in total. The largest absolute Gasteiger partial charge is 0.245 e. The third-order valence-corrected chi connectivity index (χ3v) is 6.04. The maximum absolute atomic E-state index is 6.38. The van der Waals surface area contributed by atoms with Crippen molar-refractivity contribution in [1.82, 2.24) is 14.8 Å². The highest BCUT2D eigenvalue weighted by atomic mass is 35.5. The number of benzene rings is 3. The highest BCUT2D eigenvalue weighted by molar-refractivity contribution is 6.30. The van der Waals surface area contributed by atoms with Crippen LogP contribution in [0.4, 0.5) is 0 Å². The fourth-order valence-electron chi connectivity index (χ4n) is 4.47. The Bertz CT molecular complexity index is 1220. The molecule has 0 radical (unpaired) electrons. The van der Waals surface area contributed by atoms with Gasteiger partial charge in [-0.15, -0.1) is 0 Å². The van der Waals surface area contributed by atoms with Crippen molar-refractivity contribution in [3.63, 3.8) is 0 Å². The van der Waals surface area contributed by atoms with Gasteiger partial charge in [-0.05, 0) is 23.1 Å². The summed E-state index contributed by atoms with van der Waals surface area (Å²) in [5, 5.41) is 6.65. The summed E-state index contributed by atoms with van der Waals surface area (Å²) in [6.07, 6.45) is 2.65. The Morgan fingerprint density at radius 1 is 0.774 bits per heavy atom. The number of hydrogen-bond acceptors (Lipinski definition) is 2. The predicted molar refractivity (Wildman–Crippen MR) is 127 cm³/mol. The monoisotopic (exact) mass is 423 g/mol. The Kier molecular flexibility index (Phi) is 5.05. The summed E-state index contributed by atoms with van der Waals surface area (Å²) in [6.45, 7) is 2.12. The van der Waals surface area contributed by atoms with Gasteiger partial charge in [0, 0.05) is 17.6 Å². The van der Waals surface area contributed by atoms with Crippen LogP contribution in [0.25, 0.3) is 10.9 Å². The van der Waals surface area contributed by atoms with Gasteiger partial charge in [0.2, 0.25) is 0 Å². The van der Waals surface area contributed by atoms with Crippen LogP contribution in [0, 0.1) is 0 Å². The van der Waals surface area contributed by atoms with E-state index in [-0.39, 0.29) is 0 Å². The van der Waals surface area contributed by atoms with Crippen molar-refractivity contribution < 1.29 is 0 Å². The van der Waals surface area contributed by atoms with Gasteiger partial charge in [0.25, 0.3) is 0 Å². The smallest absolute Gasteiger partial charge is 0.138 e. The number of fused-ring (bicyclic) bond motifs is 1. The van der Waals surface area contributed by atoms with Crippen molar-refractivity contribution in [2.24, 2.45) is 0 Å².